The van der Waals surface area contributed by atoms with Gasteiger partial charge in [-0.15, -0.1) is 24.0 Å². The Kier molecular flexibility index (Phi) is 9.31. The fourth-order valence-corrected chi connectivity index (χ4v) is 4.01. The Hall–Kier alpha value is -0.380. The molecule has 0 amide bonds. The lowest BCUT2D eigenvalue weighted by Gasteiger charge is -2.21. The molecule has 1 aromatic rings. The summed E-state index contributed by atoms with van der Waals surface area (Å²) in [5, 5.41) is 6.82. The van der Waals surface area contributed by atoms with E-state index in [9.17, 15) is 0 Å². The molecule has 7 heteroatoms. The predicted molar refractivity (Wildman–Crippen MR) is 124 cm³/mol. The number of halogens is 2. The van der Waals surface area contributed by atoms with Crippen molar-refractivity contribution in [3.63, 3.8) is 0 Å². The van der Waals surface area contributed by atoms with E-state index in [0.717, 1.165) is 38.7 Å². The van der Waals surface area contributed by atoms with Crippen LogP contribution in [0.25, 0.3) is 0 Å². The first-order valence-electron chi connectivity index (χ1n) is 9.62. The lowest BCUT2D eigenvalue weighted by Crippen LogP contribution is -2.45. The number of aliphatic imine (C=N–C) groups is 1. The van der Waals surface area contributed by atoms with Crippen LogP contribution in [0.2, 0.25) is 0 Å². The average molecular weight is 552 g/mol. The molecule has 0 bridgehead atoms. The van der Waals surface area contributed by atoms with Crippen molar-refractivity contribution in [2.75, 3.05) is 32.9 Å². The van der Waals surface area contributed by atoms with Crippen LogP contribution in [0.4, 0.5) is 0 Å². The third-order valence-corrected chi connectivity index (χ3v) is 5.73. The predicted octanol–water partition coefficient (Wildman–Crippen LogP) is 3.85. The van der Waals surface area contributed by atoms with Gasteiger partial charge in [0.05, 0.1) is 25.9 Å². The molecule has 152 valence electrons. The summed E-state index contributed by atoms with van der Waals surface area (Å²) in [6.07, 6.45) is 3.62. The van der Waals surface area contributed by atoms with Gasteiger partial charge >= 0.3 is 0 Å². The summed E-state index contributed by atoms with van der Waals surface area (Å²) in [4.78, 5) is 4.88. The van der Waals surface area contributed by atoms with Gasteiger partial charge in [-0.05, 0) is 44.7 Å². The molecule has 27 heavy (non-hydrogen) atoms. The molecule has 2 fully saturated rings. The van der Waals surface area contributed by atoms with Crippen LogP contribution in [-0.4, -0.2) is 51.0 Å². The van der Waals surface area contributed by atoms with Crippen LogP contribution in [0.3, 0.4) is 0 Å². The molecule has 0 radical (unpaired) electrons. The summed E-state index contributed by atoms with van der Waals surface area (Å²) < 4.78 is 12.5. The van der Waals surface area contributed by atoms with Crippen molar-refractivity contribution in [1.29, 1.82) is 0 Å². The summed E-state index contributed by atoms with van der Waals surface area (Å²) in [7, 11) is 0. The number of nitrogens with one attached hydrogen (secondary N) is 2. The van der Waals surface area contributed by atoms with Crippen molar-refractivity contribution in [3.05, 3.63) is 34.3 Å². The van der Waals surface area contributed by atoms with Crippen molar-refractivity contribution in [3.8, 4) is 0 Å². The maximum atomic E-state index is 5.91. The monoisotopic (exact) mass is 551 g/mol. The number of hydrogen-bond donors (Lipinski definition) is 2. The molecule has 1 aliphatic heterocycles. The van der Waals surface area contributed by atoms with Crippen molar-refractivity contribution in [2.45, 2.75) is 50.7 Å². The van der Waals surface area contributed by atoms with E-state index in [1.807, 2.05) is 0 Å². The Morgan fingerprint density at radius 2 is 2.19 bits per heavy atom. The Morgan fingerprint density at radius 1 is 1.41 bits per heavy atom. The molecule has 1 aromatic carbocycles. The highest BCUT2D eigenvalue weighted by molar-refractivity contribution is 14.0. The van der Waals surface area contributed by atoms with E-state index in [2.05, 4.69) is 64.7 Å². The Morgan fingerprint density at radius 3 is 2.81 bits per heavy atom. The third kappa shape index (κ3) is 6.58. The highest BCUT2D eigenvalue weighted by atomic mass is 127. The fraction of sp³-hybridized carbons (Fsp3) is 0.650. The summed E-state index contributed by atoms with van der Waals surface area (Å²) in [6, 6.07) is 8.71. The third-order valence-electron chi connectivity index (χ3n) is 5.04. The molecule has 0 aromatic heterocycles. The zero-order valence-electron chi connectivity index (χ0n) is 16.2. The van der Waals surface area contributed by atoms with Gasteiger partial charge < -0.3 is 20.1 Å². The van der Waals surface area contributed by atoms with Gasteiger partial charge in [-0.3, -0.25) is 4.99 Å². The number of nitrogens with zero attached hydrogens (tertiary/aromatic N) is 1. The molecule has 5 nitrogen and oxygen atoms in total. The van der Waals surface area contributed by atoms with Gasteiger partial charge in [-0.25, -0.2) is 0 Å². The Balaban J connectivity index is 0.00000261. The van der Waals surface area contributed by atoms with Gasteiger partial charge in [-0.1, -0.05) is 34.1 Å². The minimum absolute atomic E-state index is 0. The van der Waals surface area contributed by atoms with Crippen molar-refractivity contribution >= 4 is 45.9 Å². The molecule has 1 heterocycles. The molecule has 1 saturated heterocycles. The standard InChI is InChI=1S/C20H30BrN3O2.HI/c1-3-22-19(24-15(2)12-26-16-8-11-25-13-16)23-14-20(9-10-20)17-6-4-5-7-18(17)21;/h4-7,15-16H,3,8-14H2,1-2H3,(H2,22,23,24);1H. The first-order chi connectivity index (χ1) is 12.6. The Bertz CT molecular complexity index is 619. The summed E-state index contributed by atoms with van der Waals surface area (Å²) in [6.45, 7) is 8.06. The highest BCUT2D eigenvalue weighted by Gasteiger charge is 2.45. The largest absolute Gasteiger partial charge is 0.379 e. The molecule has 0 spiro atoms. The lowest BCUT2D eigenvalue weighted by atomic mass is 9.96. The number of hydrogen-bond acceptors (Lipinski definition) is 3. The number of benzene rings is 1. The molecule has 1 aliphatic carbocycles. The SMILES string of the molecule is CCNC(=NCC1(c2ccccc2Br)CC1)NC(C)COC1CCOC1.I. The van der Waals surface area contributed by atoms with Gasteiger partial charge in [0.15, 0.2) is 5.96 Å². The van der Waals surface area contributed by atoms with E-state index in [1.165, 1.54) is 22.9 Å². The summed E-state index contributed by atoms with van der Waals surface area (Å²) in [5.41, 5.74) is 1.56. The number of rotatable bonds is 8. The zero-order valence-corrected chi connectivity index (χ0v) is 20.1. The van der Waals surface area contributed by atoms with Crippen LogP contribution in [0, 0.1) is 0 Å². The molecule has 2 N–H and O–H groups in total. The van der Waals surface area contributed by atoms with E-state index >= 15 is 0 Å². The van der Waals surface area contributed by atoms with E-state index < -0.39 is 0 Å². The van der Waals surface area contributed by atoms with Gasteiger partial charge in [0.2, 0.25) is 0 Å². The van der Waals surface area contributed by atoms with Gasteiger partial charge in [-0.2, -0.15) is 0 Å². The smallest absolute Gasteiger partial charge is 0.191 e. The van der Waals surface area contributed by atoms with Crippen molar-refractivity contribution < 1.29 is 9.47 Å². The average Bonchev–Trinajstić information content (AvgIpc) is 3.23. The molecule has 2 aliphatic rings. The normalized spacial score (nSPS) is 22.0. The van der Waals surface area contributed by atoms with Crippen LogP contribution in [0.15, 0.2) is 33.7 Å². The molecule has 3 rings (SSSR count). The number of ether oxygens (including phenoxy) is 2. The van der Waals surface area contributed by atoms with Crippen molar-refractivity contribution in [1.82, 2.24) is 10.6 Å². The topological polar surface area (TPSA) is 54.9 Å². The van der Waals surface area contributed by atoms with Gasteiger partial charge in [0.25, 0.3) is 0 Å². The number of guanidine groups is 1. The molecule has 2 atom stereocenters. The first-order valence-corrected chi connectivity index (χ1v) is 10.4. The van der Waals surface area contributed by atoms with E-state index in [0.29, 0.717) is 6.61 Å². The second-order valence-electron chi connectivity index (χ2n) is 7.32. The van der Waals surface area contributed by atoms with Gasteiger partial charge in [0, 0.05) is 29.1 Å². The van der Waals surface area contributed by atoms with E-state index in [-0.39, 0.29) is 41.5 Å². The molecular formula is C20H31BrIN3O2. The second-order valence-corrected chi connectivity index (χ2v) is 8.17. The second kappa shape index (κ2) is 11.0. The van der Waals surface area contributed by atoms with E-state index in [1.54, 1.807) is 0 Å². The van der Waals surface area contributed by atoms with Crippen LogP contribution >= 0.6 is 39.9 Å². The van der Waals surface area contributed by atoms with E-state index in [4.69, 9.17) is 14.5 Å². The van der Waals surface area contributed by atoms with Crippen LogP contribution in [0.5, 0.6) is 0 Å². The van der Waals surface area contributed by atoms with Gasteiger partial charge in [0.1, 0.15) is 0 Å². The minimum Gasteiger partial charge on any atom is -0.379 e. The molecule has 1 saturated carbocycles. The Labute approximate surface area is 188 Å². The highest BCUT2D eigenvalue weighted by Crippen LogP contribution is 2.50. The lowest BCUT2D eigenvalue weighted by molar-refractivity contribution is 0.0347. The molecular weight excluding hydrogens is 521 g/mol. The summed E-state index contributed by atoms with van der Waals surface area (Å²) >= 11 is 3.70. The maximum Gasteiger partial charge on any atom is 0.191 e. The van der Waals surface area contributed by atoms with Crippen LogP contribution in [-0.2, 0) is 14.9 Å². The molecule has 2 unspecified atom stereocenters. The quantitative estimate of drug-likeness (QED) is 0.293. The fourth-order valence-electron chi connectivity index (χ4n) is 3.31. The van der Waals surface area contributed by atoms with Crippen molar-refractivity contribution in [2.24, 2.45) is 4.99 Å². The summed E-state index contributed by atoms with van der Waals surface area (Å²) in [5.74, 6) is 0.865. The van der Waals surface area contributed by atoms with Crippen LogP contribution < -0.4 is 10.6 Å². The zero-order chi connectivity index (χ0) is 18.4. The maximum absolute atomic E-state index is 5.91. The minimum atomic E-state index is 0. The van der Waals surface area contributed by atoms with Crippen LogP contribution in [0.1, 0.15) is 38.7 Å². The first kappa shape index (κ1) is 22.9.